The molecule has 0 saturated heterocycles. The number of amides is 1. The molecule has 7 heteroatoms. The highest BCUT2D eigenvalue weighted by Crippen LogP contribution is 2.12. The second-order valence-corrected chi connectivity index (χ2v) is 7.54. The van der Waals surface area contributed by atoms with Gasteiger partial charge in [-0.2, -0.15) is 0 Å². The Kier molecular flexibility index (Phi) is 8.26. The average Bonchev–Trinajstić information content (AvgIpc) is 3.16. The van der Waals surface area contributed by atoms with E-state index in [-0.39, 0.29) is 11.9 Å². The van der Waals surface area contributed by atoms with Crippen molar-refractivity contribution < 1.29 is 4.79 Å². The zero-order chi connectivity index (χ0) is 19.6. The van der Waals surface area contributed by atoms with Gasteiger partial charge in [-0.15, -0.1) is 11.3 Å². The third-order valence-corrected chi connectivity index (χ3v) is 5.36. The van der Waals surface area contributed by atoms with Crippen LogP contribution >= 0.6 is 11.3 Å². The quantitative estimate of drug-likeness (QED) is 0.480. The summed E-state index contributed by atoms with van der Waals surface area (Å²) in [7, 11) is 1.74. The van der Waals surface area contributed by atoms with Gasteiger partial charge in [-0.3, -0.25) is 9.79 Å². The van der Waals surface area contributed by atoms with Gasteiger partial charge in [0.2, 0.25) is 0 Å². The van der Waals surface area contributed by atoms with E-state index in [4.69, 9.17) is 0 Å². The topological polar surface area (TPSA) is 78.4 Å². The lowest BCUT2D eigenvalue weighted by atomic mass is 10.1. The Bertz CT molecular complexity index is 771. The number of carbonyl (C=O) groups excluding carboxylic acids is 1. The first-order valence-corrected chi connectivity index (χ1v) is 10.1. The van der Waals surface area contributed by atoms with Crippen molar-refractivity contribution in [1.29, 1.82) is 0 Å². The van der Waals surface area contributed by atoms with E-state index >= 15 is 0 Å². The summed E-state index contributed by atoms with van der Waals surface area (Å²) in [5, 5.41) is 10.6. The van der Waals surface area contributed by atoms with E-state index in [2.05, 4.69) is 39.8 Å². The summed E-state index contributed by atoms with van der Waals surface area (Å²) in [6.45, 7) is 7.41. The minimum absolute atomic E-state index is 0.0378. The molecule has 2 rings (SSSR count). The molecule has 0 spiro atoms. The number of hydrogen-bond acceptors (Lipinski definition) is 4. The van der Waals surface area contributed by atoms with Crippen molar-refractivity contribution in [3.8, 4) is 0 Å². The van der Waals surface area contributed by atoms with Crippen molar-refractivity contribution >= 4 is 23.2 Å². The van der Waals surface area contributed by atoms with E-state index in [1.54, 1.807) is 18.4 Å². The summed E-state index contributed by atoms with van der Waals surface area (Å²) >= 11 is 1.71. The third-order valence-electron chi connectivity index (χ3n) is 4.22. The Labute approximate surface area is 165 Å². The normalized spacial score (nSPS) is 12.5. The molecule has 0 fully saturated rings. The van der Waals surface area contributed by atoms with Crippen LogP contribution in [-0.4, -0.2) is 29.9 Å². The van der Waals surface area contributed by atoms with Crippen molar-refractivity contribution in [3.05, 3.63) is 51.5 Å². The molecule has 27 heavy (non-hydrogen) atoms. The van der Waals surface area contributed by atoms with E-state index in [9.17, 15) is 4.79 Å². The smallest absolute Gasteiger partial charge is 0.251 e. The lowest BCUT2D eigenvalue weighted by Gasteiger charge is -2.13. The van der Waals surface area contributed by atoms with Crippen LogP contribution in [-0.2, 0) is 19.5 Å². The van der Waals surface area contributed by atoms with Crippen LogP contribution in [0.15, 0.2) is 35.5 Å². The monoisotopic (exact) mass is 387 g/mol. The molecule has 1 unspecified atom stereocenters. The fraction of sp³-hybridized carbons (Fsp3) is 0.450. The van der Waals surface area contributed by atoms with Crippen molar-refractivity contribution in [2.75, 3.05) is 7.05 Å². The molecule has 0 radical (unpaired) electrons. The Morgan fingerprint density at radius 3 is 2.70 bits per heavy atom. The van der Waals surface area contributed by atoms with E-state index in [1.807, 2.05) is 37.4 Å². The van der Waals surface area contributed by atoms with Crippen molar-refractivity contribution in [1.82, 2.24) is 20.9 Å². The van der Waals surface area contributed by atoms with Crippen LogP contribution < -0.4 is 16.0 Å². The first kappa shape index (κ1) is 20.9. The van der Waals surface area contributed by atoms with Crippen molar-refractivity contribution in [2.24, 2.45) is 4.99 Å². The maximum absolute atomic E-state index is 12.3. The molecule has 146 valence electrons. The number of rotatable bonds is 8. The molecular weight excluding hydrogens is 358 g/mol. The maximum atomic E-state index is 12.3. The summed E-state index contributed by atoms with van der Waals surface area (Å²) in [6.07, 6.45) is 3.84. The van der Waals surface area contributed by atoms with Gasteiger partial charge in [0, 0.05) is 36.3 Å². The van der Waals surface area contributed by atoms with Crippen LogP contribution in [0.25, 0.3) is 0 Å². The minimum atomic E-state index is -0.0378. The Morgan fingerprint density at radius 2 is 2.04 bits per heavy atom. The number of thiazole rings is 1. The predicted octanol–water partition coefficient (Wildman–Crippen LogP) is 3.10. The number of hydrogen-bond donors (Lipinski definition) is 3. The van der Waals surface area contributed by atoms with Crippen LogP contribution in [0.2, 0.25) is 0 Å². The molecule has 0 saturated carbocycles. The summed E-state index contributed by atoms with van der Waals surface area (Å²) < 4.78 is 0. The highest BCUT2D eigenvalue weighted by atomic mass is 32.1. The number of carbonyl (C=O) groups is 1. The number of benzene rings is 1. The van der Waals surface area contributed by atoms with Gasteiger partial charge in [0.15, 0.2) is 5.96 Å². The van der Waals surface area contributed by atoms with E-state index < -0.39 is 0 Å². The predicted molar refractivity (Wildman–Crippen MR) is 112 cm³/mol. The number of aromatic nitrogens is 1. The first-order chi connectivity index (χ1) is 13.0. The summed E-state index contributed by atoms with van der Waals surface area (Å²) in [5.41, 5.74) is 1.70. The molecule has 0 aliphatic carbocycles. The largest absolute Gasteiger partial charge is 0.352 e. The Hall–Kier alpha value is -2.41. The molecule has 1 amide bonds. The third kappa shape index (κ3) is 6.67. The lowest BCUT2D eigenvalue weighted by Crippen LogP contribution is -2.36. The lowest BCUT2D eigenvalue weighted by molar-refractivity contribution is 0.0939. The SMILES string of the molecule is CCc1cnc(CNC(=NC)NCc2cccc(C(=O)NC(C)CC)c2)s1. The molecule has 0 aliphatic heterocycles. The van der Waals surface area contributed by atoms with Gasteiger partial charge in [0.05, 0.1) is 6.54 Å². The van der Waals surface area contributed by atoms with Crippen LogP contribution in [0.5, 0.6) is 0 Å². The second-order valence-electron chi connectivity index (χ2n) is 6.34. The van der Waals surface area contributed by atoms with Gasteiger partial charge in [-0.25, -0.2) is 4.98 Å². The van der Waals surface area contributed by atoms with Crippen LogP contribution in [0.4, 0.5) is 0 Å². The molecule has 1 atom stereocenters. The van der Waals surface area contributed by atoms with Gasteiger partial charge < -0.3 is 16.0 Å². The number of nitrogens with one attached hydrogen (secondary N) is 3. The van der Waals surface area contributed by atoms with E-state index in [1.165, 1.54) is 4.88 Å². The van der Waals surface area contributed by atoms with Crippen LogP contribution in [0.3, 0.4) is 0 Å². The molecule has 6 nitrogen and oxygen atoms in total. The molecule has 0 aliphatic rings. The highest BCUT2D eigenvalue weighted by molar-refractivity contribution is 7.11. The van der Waals surface area contributed by atoms with E-state index in [0.717, 1.165) is 23.4 Å². The first-order valence-electron chi connectivity index (χ1n) is 9.33. The zero-order valence-electron chi connectivity index (χ0n) is 16.5. The standard InChI is InChI=1S/C20H29N5OS/c1-5-14(3)25-19(26)16-9-7-8-15(10-16)11-23-20(21-4)24-13-18-22-12-17(6-2)27-18/h7-10,12,14H,5-6,11,13H2,1-4H3,(H,25,26)(H2,21,23,24). The Morgan fingerprint density at radius 1 is 1.26 bits per heavy atom. The fourth-order valence-electron chi connectivity index (χ4n) is 2.39. The van der Waals surface area contributed by atoms with Gasteiger partial charge >= 0.3 is 0 Å². The van der Waals surface area contributed by atoms with Crippen molar-refractivity contribution in [3.63, 3.8) is 0 Å². The van der Waals surface area contributed by atoms with Gasteiger partial charge in [0.25, 0.3) is 5.91 Å². The van der Waals surface area contributed by atoms with E-state index in [0.29, 0.717) is 24.6 Å². The van der Waals surface area contributed by atoms with Gasteiger partial charge in [-0.1, -0.05) is 26.0 Å². The van der Waals surface area contributed by atoms with Gasteiger partial charge in [0.1, 0.15) is 5.01 Å². The molecule has 1 aromatic carbocycles. The highest BCUT2D eigenvalue weighted by Gasteiger charge is 2.09. The molecule has 1 heterocycles. The molecule has 0 bridgehead atoms. The summed E-state index contributed by atoms with van der Waals surface area (Å²) in [6, 6.07) is 7.81. The molecular formula is C20H29N5OS. The Balaban J connectivity index is 1.88. The fourth-order valence-corrected chi connectivity index (χ4v) is 3.19. The van der Waals surface area contributed by atoms with Gasteiger partial charge in [-0.05, 0) is 37.5 Å². The number of nitrogens with zero attached hydrogens (tertiary/aromatic N) is 2. The maximum Gasteiger partial charge on any atom is 0.251 e. The minimum Gasteiger partial charge on any atom is -0.352 e. The number of aryl methyl sites for hydroxylation is 1. The summed E-state index contributed by atoms with van der Waals surface area (Å²) in [5.74, 6) is 0.668. The zero-order valence-corrected chi connectivity index (χ0v) is 17.3. The van der Waals surface area contributed by atoms with Crippen LogP contribution in [0, 0.1) is 0 Å². The van der Waals surface area contributed by atoms with Crippen molar-refractivity contribution in [2.45, 2.75) is 52.7 Å². The molecule has 3 N–H and O–H groups in total. The number of aliphatic imine (C=N–C) groups is 1. The second kappa shape index (κ2) is 10.7. The average molecular weight is 388 g/mol. The molecule has 2 aromatic rings. The van der Waals surface area contributed by atoms with Crippen LogP contribution in [0.1, 0.15) is 53.0 Å². The summed E-state index contributed by atoms with van der Waals surface area (Å²) in [4.78, 5) is 22.2. The molecule has 1 aromatic heterocycles. The number of guanidine groups is 1.